The van der Waals surface area contributed by atoms with Crippen LogP contribution in [0.15, 0.2) is 54.6 Å². The Morgan fingerprint density at radius 2 is 1.63 bits per heavy atom. The van der Waals surface area contributed by atoms with Gasteiger partial charge in [0.15, 0.2) is 0 Å². The lowest BCUT2D eigenvalue weighted by Gasteiger charge is -2.30. The van der Waals surface area contributed by atoms with E-state index in [1.54, 1.807) is 0 Å². The van der Waals surface area contributed by atoms with Gasteiger partial charge in [0.25, 0.3) is 0 Å². The van der Waals surface area contributed by atoms with E-state index >= 15 is 0 Å². The third-order valence-electron chi connectivity index (χ3n) is 5.48. The first-order valence-corrected chi connectivity index (χ1v) is 12.0. The molecule has 2 aromatic rings. The second-order valence-corrected chi connectivity index (χ2v) is 10.1. The molecule has 162 valence electrons. The Balaban J connectivity index is 1.49. The molecule has 7 heteroatoms. The second kappa shape index (κ2) is 10.2. The number of piperidine rings is 1. The van der Waals surface area contributed by atoms with E-state index in [4.69, 9.17) is 0 Å². The number of nitrogens with one attached hydrogen (secondary N) is 1. The van der Waals surface area contributed by atoms with Gasteiger partial charge >= 0.3 is 0 Å². The number of carbonyl (C=O) groups is 1. The molecule has 1 saturated heterocycles. The lowest BCUT2D eigenvalue weighted by atomic mass is 9.97. The third-order valence-corrected chi connectivity index (χ3v) is 7.33. The van der Waals surface area contributed by atoms with Gasteiger partial charge in [0, 0.05) is 31.2 Å². The van der Waals surface area contributed by atoms with Crippen LogP contribution in [0.3, 0.4) is 0 Å². The number of amides is 1. The molecule has 0 atom stereocenters. The lowest BCUT2D eigenvalue weighted by molar-refractivity contribution is -0.120. The summed E-state index contributed by atoms with van der Waals surface area (Å²) in [6.07, 6.45) is 2.05. The molecular formula is C23H31N3O3S. The maximum atomic E-state index is 12.7. The molecule has 0 bridgehead atoms. The van der Waals surface area contributed by atoms with Crippen LogP contribution in [0.5, 0.6) is 0 Å². The monoisotopic (exact) mass is 429 g/mol. The molecule has 1 aliphatic rings. The van der Waals surface area contributed by atoms with Gasteiger partial charge in [0.2, 0.25) is 15.9 Å². The number of rotatable bonds is 8. The van der Waals surface area contributed by atoms with Crippen LogP contribution in [0.2, 0.25) is 0 Å². The van der Waals surface area contributed by atoms with Crippen LogP contribution in [-0.4, -0.2) is 57.3 Å². The van der Waals surface area contributed by atoms with Crippen LogP contribution in [-0.2, 0) is 27.0 Å². The zero-order chi connectivity index (χ0) is 21.6. The van der Waals surface area contributed by atoms with Crippen molar-refractivity contribution in [2.24, 2.45) is 5.92 Å². The Hall–Kier alpha value is -2.22. The van der Waals surface area contributed by atoms with Gasteiger partial charge in [-0.05, 0) is 56.6 Å². The molecule has 0 aliphatic carbocycles. The highest BCUT2D eigenvalue weighted by atomic mass is 32.2. The van der Waals surface area contributed by atoms with Crippen molar-refractivity contribution in [2.75, 3.05) is 39.0 Å². The minimum absolute atomic E-state index is 0.00484. The summed E-state index contributed by atoms with van der Waals surface area (Å²) in [6.45, 7) is 1.75. The van der Waals surface area contributed by atoms with Crippen molar-refractivity contribution in [1.29, 1.82) is 0 Å². The van der Waals surface area contributed by atoms with Crippen LogP contribution >= 0.6 is 0 Å². The fourth-order valence-electron chi connectivity index (χ4n) is 3.62. The number of carbonyl (C=O) groups excluding carboxylic acids is 1. The Bertz CT molecular complexity index is 920. The number of sulfonamides is 1. The van der Waals surface area contributed by atoms with E-state index in [9.17, 15) is 13.2 Å². The first-order valence-electron chi connectivity index (χ1n) is 10.4. The average Bonchev–Trinajstić information content (AvgIpc) is 2.73. The van der Waals surface area contributed by atoms with Gasteiger partial charge in [-0.2, -0.15) is 0 Å². The molecule has 0 unspecified atom stereocenters. The Kier molecular flexibility index (Phi) is 7.64. The molecule has 1 fully saturated rings. The highest BCUT2D eigenvalue weighted by Crippen LogP contribution is 2.23. The number of anilines is 1. The molecule has 0 aromatic heterocycles. The minimum atomic E-state index is -3.36. The predicted molar refractivity (Wildman–Crippen MR) is 121 cm³/mol. The zero-order valence-corrected chi connectivity index (χ0v) is 18.6. The maximum Gasteiger partial charge on any atom is 0.227 e. The summed E-state index contributed by atoms with van der Waals surface area (Å²) in [5.74, 6) is -0.192. The molecule has 30 heavy (non-hydrogen) atoms. The lowest BCUT2D eigenvalue weighted by Crippen LogP contribution is -2.41. The standard InChI is InChI=1S/C23H31N3O3S/c1-25(2)15-12-19-8-10-22(11-9-19)24-23(27)21-13-16-26(17-14-21)30(28,29)18-20-6-4-3-5-7-20/h3-11,21H,12-18H2,1-2H3,(H,24,27). The molecule has 0 spiro atoms. The molecule has 1 N–H and O–H groups in total. The van der Waals surface area contributed by atoms with Crippen molar-refractivity contribution in [2.45, 2.75) is 25.0 Å². The Morgan fingerprint density at radius 3 is 2.23 bits per heavy atom. The van der Waals surface area contributed by atoms with E-state index in [-0.39, 0.29) is 17.6 Å². The van der Waals surface area contributed by atoms with Crippen LogP contribution in [0.25, 0.3) is 0 Å². The molecule has 6 nitrogen and oxygen atoms in total. The summed E-state index contributed by atoms with van der Waals surface area (Å²) in [5.41, 5.74) is 2.80. The van der Waals surface area contributed by atoms with Gasteiger partial charge in [-0.1, -0.05) is 42.5 Å². The molecule has 1 aliphatic heterocycles. The second-order valence-electron chi connectivity index (χ2n) is 8.15. The molecule has 1 heterocycles. The van der Waals surface area contributed by atoms with Crippen molar-refractivity contribution in [3.63, 3.8) is 0 Å². The van der Waals surface area contributed by atoms with E-state index in [2.05, 4.69) is 10.2 Å². The first kappa shape index (κ1) is 22.5. The Morgan fingerprint density at radius 1 is 1.00 bits per heavy atom. The molecule has 0 radical (unpaired) electrons. The fraction of sp³-hybridized carbons (Fsp3) is 0.435. The van der Waals surface area contributed by atoms with Crippen molar-refractivity contribution in [1.82, 2.24) is 9.21 Å². The molecule has 2 aromatic carbocycles. The molecule has 3 rings (SSSR count). The van der Waals surface area contributed by atoms with Crippen LogP contribution < -0.4 is 5.32 Å². The van der Waals surface area contributed by atoms with E-state index in [0.717, 1.165) is 24.2 Å². The van der Waals surface area contributed by atoms with E-state index < -0.39 is 10.0 Å². The summed E-state index contributed by atoms with van der Waals surface area (Å²) >= 11 is 0. The fourth-order valence-corrected chi connectivity index (χ4v) is 5.19. The first-order chi connectivity index (χ1) is 14.3. The number of hydrogen-bond donors (Lipinski definition) is 1. The summed E-state index contributed by atoms with van der Waals surface area (Å²) in [7, 11) is 0.734. The van der Waals surface area contributed by atoms with Gasteiger partial charge in [-0.3, -0.25) is 4.79 Å². The average molecular weight is 430 g/mol. The Labute approximate surface area is 179 Å². The van der Waals surface area contributed by atoms with Crippen molar-refractivity contribution < 1.29 is 13.2 Å². The summed E-state index contributed by atoms with van der Waals surface area (Å²) in [6, 6.07) is 17.2. The quantitative estimate of drug-likeness (QED) is 0.700. The molecular weight excluding hydrogens is 398 g/mol. The van der Waals surface area contributed by atoms with Gasteiger partial charge in [0.1, 0.15) is 0 Å². The van der Waals surface area contributed by atoms with Gasteiger partial charge < -0.3 is 10.2 Å². The molecule has 0 saturated carbocycles. The summed E-state index contributed by atoms with van der Waals surface area (Å²) in [5, 5.41) is 2.98. The number of benzene rings is 2. The van der Waals surface area contributed by atoms with Crippen LogP contribution in [0.4, 0.5) is 5.69 Å². The van der Waals surface area contributed by atoms with E-state index in [1.807, 2.05) is 68.7 Å². The van der Waals surface area contributed by atoms with E-state index in [0.29, 0.717) is 25.9 Å². The van der Waals surface area contributed by atoms with E-state index in [1.165, 1.54) is 9.87 Å². The summed E-state index contributed by atoms with van der Waals surface area (Å²) in [4.78, 5) is 14.8. The van der Waals surface area contributed by atoms with Crippen molar-refractivity contribution in [3.8, 4) is 0 Å². The predicted octanol–water partition coefficient (Wildman–Crippen LogP) is 2.97. The topological polar surface area (TPSA) is 69.7 Å². The smallest absolute Gasteiger partial charge is 0.227 e. The SMILES string of the molecule is CN(C)CCc1ccc(NC(=O)C2CCN(S(=O)(=O)Cc3ccccc3)CC2)cc1. The van der Waals surface area contributed by atoms with Gasteiger partial charge in [-0.25, -0.2) is 12.7 Å². The number of likely N-dealkylation sites (N-methyl/N-ethyl adjacent to an activating group) is 1. The minimum Gasteiger partial charge on any atom is -0.326 e. The van der Waals surface area contributed by atoms with Crippen LogP contribution in [0, 0.1) is 5.92 Å². The zero-order valence-electron chi connectivity index (χ0n) is 17.8. The van der Waals surface area contributed by atoms with Gasteiger partial charge in [0.05, 0.1) is 5.75 Å². The molecule has 1 amide bonds. The largest absolute Gasteiger partial charge is 0.326 e. The normalized spacial score (nSPS) is 16.0. The number of nitrogens with zero attached hydrogens (tertiary/aromatic N) is 2. The summed E-state index contributed by atoms with van der Waals surface area (Å²) < 4.78 is 26.9. The highest BCUT2D eigenvalue weighted by Gasteiger charge is 2.31. The van der Waals surface area contributed by atoms with Gasteiger partial charge in [-0.15, -0.1) is 0 Å². The highest BCUT2D eigenvalue weighted by molar-refractivity contribution is 7.88. The van der Waals surface area contributed by atoms with Crippen LogP contribution in [0.1, 0.15) is 24.0 Å². The maximum absolute atomic E-state index is 12.7. The van der Waals surface area contributed by atoms with Crippen molar-refractivity contribution >= 4 is 21.6 Å². The van der Waals surface area contributed by atoms with Crippen molar-refractivity contribution in [3.05, 3.63) is 65.7 Å². The number of hydrogen-bond acceptors (Lipinski definition) is 4. The third kappa shape index (κ3) is 6.39.